The van der Waals surface area contributed by atoms with Crippen LogP contribution < -0.4 is 0 Å². The van der Waals surface area contributed by atoms with Crippen molar-refractivity contribution in [2.75, 3.05) is 0 Å². The summed E-state index contributed by atoms with van der Waals surface area (Å²) < 4.78 is 2.10. The highest BCUT2D eigenvalue weighted by molar-refractivity contribution is 6.28. The van der Waals surface area contributed by atoms with Crippen molar-refractivity contribution in [3.05, 3.63) is 11.1 Å². The molecule has 0 amide bonds. The van der Waals surface area contributed by atoms with E-state index in [1.165, 1.54) is 32.1 Å². The highest BCUT2D eigenvalue weighted by Gasteiger charge is 2.19. The summed E-state index contributed by atoms with van der Waals surface area (Å²) in [5, 5.41) is 8.71. The molecule has 1 heterocycles. The molecule has 3 nitrogen and oxygen atoms in total. The standard InChI is InChI=1S/C14H24ClN3/c1-3-4-13-16-17-14(15)18(13)10-9-12-7-5-11(2)6-8-12/h11-12H,3-10H2,1-2H3. The quantitative estimate of drug-likeness (QED) is 0.806. The van der Waals surface area contributed by atoms with Crippen LogP contribution in [0.2, 0.25) is 5.28 Å². The molecule has 0 saturated heterocycles. The van der Waals surface area contributed by atoms with Gasteiger partial charge in [-0.3, -0.25) is 0 Å². The largest absolute Gasteiger partial charge is 0.302 e. The summed E-state index contributed by atoms with van der Waals surface area (Å²) in [5.74, 6) is 2.84. The second kappa shape index (κ2) is 6.55. The van der Waals surface area contributed by atoms with Crippen molar-refractivity contribution in [3.63, 3.8) is 0 Å². The molecule has 1 aliphatic carbocycles. The van der Waals surface area contributed by atoms with Gasteiger partial charge in [-0.25, -0.2) is 0 Å². The van der Waals surface area contributed by atoms with E-state index in [2.05, 4.69) is 28.6 Å². The summed E-state index contributed by atoms with van der Waals surface area (Å²) in [6.07, 6.45) is 8.83. The summed E-state index contributed by atoms with van der Waals surface area (Å²) in [4.78, 5) is 0. The maximum Gasteiger partial charge on any atom is 0.225 e. The molecule has 1 aromatic rings. The van der Waals surface area contributed by atoms with Crippen LogP contribution in [0.4, 0.5) is 0 Å². The van der Waals surface area contributed by atoms with E-state index in [4.69, 9.17) is 11.6 Å². The number of aromatic nitrogens is 3. The van der Waals surface area contributed by atoms with E-state index in [0.717, 1.165) is 37.0 Å². The minimum Gasteiger partial charge on any atom is -0.302 e. The monoisotopic (exact) mass is 269 g/mol. The van der Waals surface area contributed by atoms with Crippen LogP contribution >= 0.6 is 11.6 Å². The van der Waals surface area contributed by atoms with Crippen molar-refractivity contribution in [3.8, 4) is 0 Å². The fourth-order valence-electron chi connectivity index (χ4n) is 2.87. The molecule has 0 unspecified atom stereocenters. The predicted octanol–water partition coefficient (Wildman–Crippen LogP) is 4.10. The number of halogens is 1. The van der Waals surface area contributed by atoms with Crippen molar-refractivity contribution < 1.29 is 0 Å². The average Bonchev–Trinajstić information content (AvgIpc) is 2.71. The van der Waals surface area contributed by atoms with Gasteiger partial charge in [0.05, 0.1) is 0 Å². The van der Waals surface area contributed by atoms with Gasteiger partial charge in [0, 0.05) is 13.0 Å². The van der Waals surface area contributed by atoms with E-state index in [9.17, 15) is 0 Å². The molecule has 0 atom stereocenters. The van der Waals surface area contributed by atoms with Crippen LogP contribution in [0.25, 0.3) is 0 Å². The van der Waals surface area contributed by atoms with Gasteiger partial charge in [-0.1, -0.05) is 39.5 Å². The fraction of sp³-hybridized carbons (Fsp3) is 0.857. The van der Waals surface area contributed by atoms with Crippen LogP contribution in [0.1, 0.15) is 58.2 Å². The van der Waals surface area contributed by atoms with Gasteiger partial charge >= 0.3 is 0 Å². The topological polar surface area (TPSA) is 30.7 Å². The van der Waals surface area contributed by atoms with Gasteiger partial charge in [-0.15, -0.1) is 10.2 Å². The molecule has 0 aliphatic heterocycles. The molecule has 0 spiro atoms. The van der Waals surface area contributed by atoms with Crippen molar-refractivity contribution in [1.82, 2.24) is 14.8 Å². The van der Waals surface area contributed by atoms with Gasteiger partial charge < -0.3 is 4.57 Å². The summed E-state index contributed by atoms with van der Waals surface area (Å²) in [6.45, 7) is 5.52. The van der Waals surface area contributed by atoms with E-state index in [1.54, 1.807) is 0 Å². The normalized spacial score (nSPS) is 24.4. The third-order valence-electron chi connectivity index (χ3n) is 4.15. The van der Waals surface area contributed by atoms with Crippen molar-refractivity contribution in [2.45, 2.75) is 65.3 Å². The minimum atomic E-state index is 0.558. The molecule has 0 aromatic carbocycles. The van der Waals surface area contributed by atoms with E-state index < -0.39 is 0 Å². The van der Waals surface area contributed by atoms with Crippen LogP contribution in [0, 0.1) is 11.8 Å². The first-order chi connectivity index (χ1) is 8.70. The smallest absolute Gasteiger partial charge is 0.225 e. The third kappa shape index (κ3) is 3.47. The molecule has 0 radical (unpaired) electrons. The maximum atomic E-state index is 6.11. The van der Waals surface area contributed by atoms with Crippen LogP contribution in [0.15, 0.2) is 0 Å². The Balaban J connectivity index is 1.87. The Kier molecular flexibility index (Phi) is 5.04. The number of hydrogen-bond donors (Lipinski definition) is 0. The Hall–Kier alpha value is -0.570. The zero-order valence-electron chi connectivity index (χ0n) is 11.5. The lowest BCUT2D eigenvalue weighted by Crippen LogP contribution is -2.15. The van der Waals surface area contributed by atoms with E-state index in [1.807, 2.05) is 0 Å². The SMILES string of the molecule is CCCc1nnc(Cl)n1CCC1CCC(C)CC1. The van der Waals surface area contributed by atoms with E-state index >= 15 is 0 Å². The second-order valence-corrected chi connectivity index (χ2v) is 6.04. The number of aryl methyl sites for hydroxylation is 1. The molecule has 2 rings (SSSR count). The van der Waals surface area contributed by atoms with Crippen LogP contribution in [0.5, 0.6) is 0 Å². The Morgan fingerprint density at radius 2 is 1.94 bits per heavy atom. The fourth-order valence-corrected chi connectivity index (χ4v) is 3.09. The van der Waals surface area contributed by atoms with Crippen molar-refractivity contribution >= 4 is 11.6 Å². The first kappa shape index (κ1) is 13.9. The minimum absolute atomic E-state index is 0.558. The lowest BCUT2D eigenvalue weighted by molar-refractivity contribution is 0.268. The van der Waals surface area contributed by atoms with Gasteiger partial charge in [-0.05, 0) is 36.3 Å². The lowest BCUT2D eigenvalue weighted by atomic mass is 9.81. The molecule has 0 N–H and O–H groups in total. The van der Waals surface area contributed by atoms with Crippen molar-refractivity contribution in [2.24, 2.45) is 11.8 Å². The number of nitrogens with zero attached hydrogens (tertiary/aromatic N) is 3. The molecule has 1 aliphatic rings. The highest BCUT2D eigenvalue weighted by atomic mass is 35.5. The summed E-state index contributed by atoms with van der Waals surface area (Å²) >= 11 is 6.11. The molecule has 18 heavy (non-hydrogen) atoms. The van der Waals surface area contributed by atoms with Gasteiger partial charge in [-0.2, -0.15) is 0 Å². The molecular weight excluding hydrogens is 246 g/mol. The molecule has 1 aromatic heterocycles. The Bertz CT molecular complexity index is 367. The first-order valence-electron chi connectivity index (χ1n) is 7.28. The first-order valence-corrected chi connectivity index (χ1v) is 7.66. The number of hydrogen-bond acceptors (Lipinski definition) is 2. The van der Waals surface area contributed by atoms with Crippen LogP contribution in [-0.4, -0.2) is 14.8 Å². The Morgan fingerprint density at radius 3 is 2.61 bits per heavy atom. The molecule has 1 saturated carbocycles. The second-order valence-electron chi connectivity index (χ2n) is 5.70. The average molecular weight is 270 g/mol. The van der Waals surface area contributed by atoms with Crippen LogP contribution in [-0.2, 0) is 13.0 Å². The van der Waals surface area contributed by atoms with E-state index in [-0.39, 0.29) is 0 Å². The van der Waals surface area contributed by atoms with Crippen LogP contribution in [0.3, 0.4) is 0 Å². The lowest BCUT2D eigenvalue weighted by Gasteiger charge is -2.26. The summed E-state index contributed by atoms with van der Waals surface area (Å²) in [6, 6.07) is 0. The van der Waals surface area contributed by atoms with Gasteiger partial charge in [0.1, 0.15) is 5.82 Å². The zero-order valence-corrected chi connectivity index (χ0v) is 12.3. The summed E-state index contributed by atoms with van der Waals surface area (Å²) in [5.41, 5.74) is 0. The van der Waals surface area contributed by atoms with E-state index in [0.29, 0.717) is 5.28 Å². The van der Waals surface area contributed by atoms with Gasteiger partial charge in [0.2, 0.25) is 5.28 Å². The highest BCUT2D eigenvalue weighted by Crippen LogP contribution is 2.31. The molecule has 0 bridgehead atoms. The molecule has 102 valence electrons. The molecule has 1 fully saturated rings. The molecular formula is C14H24ClN3. The number of rotatable bonds is 5. The maximum absolute atomic E-state index is 6.11. The van der Waals surface area contributed by atoms with Gasteiger partial charge in [0.15, 0.2) is 0 Å². The summed E-state index contributed by atoms with van der Waals surface area (Å²) in [7, 11) is 0. The van der Waals surface area contributed by atoms with Gasteiger partial charge in [0.25, 0.3) is 0 Å². The molecule has 4 heteroatoms. The Morgan fingerprint density at radius 1 is 1.22 bits per heavy atom. The Labute approximate surface area is 115 Å². The zero-order chi connectivity index (χ0) is 13.0. The third-order valence-corrected chi connectivity index (χ3v) is 4.43. The van der Waals surface area contributed by atoms with Crippen molar-refractivity contribution in [1.29, 1.82) is 0 Å². The predicted molar refractivity (Wildman–Crippen MR) is 74.8 cm³/mol.